The van der Waals surface area contributed by atoms with Crippen molar-refractivity contribution in [3.63, 3.8) is 0 Å². The SMILES string of the molecule is CC[C@@H](/C=C\I)O[C@H]1CCOC1=O. The summed E-state index contributed by atoms with van der Waals surface area (Å²) >= 11 is 2.14. The molecule has 0 aliphatic carbocycles. The lowest BCUT2D eigenvalue weighted by Gasteiger charge is -2.14. The first kappa shape index (κ1) is 11.0. The van der Waals surface area contributed by atoms with E-state index in [4.69, 9.17) is 9.47 Å². The van der Waals surface area contributed by atoms with Gasteiger partial charge in [0.2, 0.25) is 0 Å². The predicted octanol–water partition coefficient (Wildman–Crippen LogP) is 2.05. The molecule has 1 heterocycles. The van der Waals surface area contributed by atoms with Gasteiger partial charge in [-0.15, -0.1) is 0 Å². The molecule has 1 rings (SSSR count). The molecular weight excluding hydrogens is 283 g/mol. The monoisotopic (exact) mass is 296 g/mol. The second kappa shape index (κ2) is 5.59. The van der Waals surface area contributed by atoms with Crippen molar-refractivity contribution in [3.05, 3.63) is 10.2 Å². The van der Waals surface area contributed by atoms with Gasteiger partial charge in [-0.2, -0.15) is 0 Å². The Morgan fingerprint density at radius 3 is 3.08 bits per heavy atom. The number of cyclic esters (lactones) is 1. The summed E-state index contributed by atoms with van der Waals surface area (Å²) < 4.78 is 12.3. The number of carbonyl (C=O) groups excluding carboxylic acids is 1. The van der Waals surface area contributed by atoms with Gasteiger partial charge in [-0.05, 0) is 16.6 Å². The molecule has 1 fully saturated rings. The second-order valence-electron chi connectivity index (χ2n) is 2.85. The lowest BCUT2D eigenvalue weighted by Crippen LogP contribution is -2.24. The van der Waals surface area contributed by atoms with E-state index in [-0.39, 0.29) is 18.2 Å². The molecule has 0 unspecified atom stereocenters. The van der Waals surface area contributed by atoms with E-state index in [0.717, 1.165) is 6.42 Å². The normalized spacial score (nSPS) is 25.1. The van der Waals surface area contributed by atoms with E-state index in [1.165, 1.54) is 0 Å². The zero-order valence-corrected chi connectivity index (χ0v) is 9.69. The van der Waals surface area contributed by atoms with E-state index < -0.39 is 0 Å². The van der Waals surface area contributed by atoms with Gasteiger partial charge in [0.15, 0.2) is 6.10 Å². The molecule has 0 N–H and O–H groups in total. The van der Waals surface area contributed by atoms with Crippen LogP contribution in [0.1, 0.15) is 19.8 Å². The van der Waals surface area contributed by atoms with Crippen molar-refractivity contribution >= 4 is 28.6 Å². The van der Waals surface area contributed by atoms with Crippen LogP contribution in [0.25, 0.3) is 0 Å². The van der Waals surface area contributed by atoms with Gasteiger partial charge in [0.1, 0.15) is 0 Å². The van der Waals surface area contributed by atoms with Crippen molar-refractivity contribution in [2.45, 2.75) is 32.0 Å². The number of hydrogen-bond acceptors (Lipinski definition) is 3. The Balaban J connectivity index is 2.40. The molecule has 0 amide bonds. The van der Waals surface area contributed by atoms with E-state index in [2.05, 4.69) is 22.6 Å². The van der Waals surface area contributed by atoms with Crippen LogP contribution in [-0.2, 0) is 14.3 Å². The van der Waals surface area contributed by atoms with Crippen molar-refractivity contribution < 1.29 is 14.3 Å². The highest BCUT2D eigenvalue weighted by Gasteiger charge is 2.28. The Labute approximate surface area is 91.6 Å². The van der Waals surface area contributed by atoms with Crippen LogP contribution in [0.15, 0.2) is 10.2 Å². The Hall–Kier alpha value is -0.100. The van der Waals surface area contributed by atoms with Crippen molar-refractivity contribution in [2.24, 2.45) is 0 Å². The van der Waals surface area contributed by atoms with Crippen molar-refractivity contribution in [2.75, 3.05) is 6.61 Å². The van der Waals surface area contributed by atoms with E-state index in [0.29, 0.717) is 13.0 Å². The van der Waals surface area contributed by atoms with Crippen LogP contribution in [0.5, 0.6) is 0 Å². The second-order valence-corrected chi connectivity index (χ2v) is 3.57. The number of ether oxygens (including phenoxy) is 2. The summed E-state index contributed by atoms with van der Waals surface area (Å²) in [5, 5.41) is 0. The summed E-state index contributed by atoms with van der Waals surface area (Å²) in [4.78, 5) is 11.1. The minimum atomic E-state index is -0.349. The molecule has 74 valence electrons. The highest BCUT2D eigenvalue weighted by Crippen LogP contribution is 2.15. The number of hydrogen-bond donors (Lipinski definition) is 0. The van der Waals surface area contributed by atoms with E-state index in [1.54, 1.807) is 0 Å². The third-order valence-electron chi connectivity index (χ3n) is 1.92. The van der Waals surface area contributed by atoms with Gasteiger partial charge in [-0.1, -0.05) is 29.5 Å². The van der Waals surface area contributed by atoms with Crippen LogP contribution in [-0.4, -0.2) is 24.8 Å². The molecule has 1 aliphatic heterocycles. The first-order chi connectivity index (χ1) is 6.27. The van der Waals surface area contributed by atoms with Crippen molar-refractivity contribution in [1.82, 2.24) is 0 Å². The highest BCUT2D eigenvalue weighted by atomic mass is 127. The molecule has 0 aromatic rings. The fraction of sp³-hybridized carbons (Fsp3) is 0.667. The molecule has 1 aliphatic rings. The maximum atomic E-state index is 11.1. The predicted molar refractivity (Wildman–Crippen MR) is 57.7 cm³/mol. The summed E-state index contributed by atoms with van der Waals surface area (Å²) in [6.45, 7) is 2.52. The Morgan fingerprint density at radius 2 is 2.62 bits per heavy atom. The molecule has 4 heteroatoms. The molecular formula is C9H13IO3. The summed E-state index contributed by atoms with van der Waals surface area (Å²) in [6, 6.07) is 0. The van der Waals surface area contributed by atoms with Gasteiger partial charge >= 0.3 is 5.97 Å². The molecule has 0 aromatic heterocycles. The van der Waals surface area contributed by atoms with Crippen LogP contribution in [0, 0.1) is 0 Å². The lowest BCUT2D eigenvalue weighted by atomic mass is 10.2. The van der Waals surface area contributed by atoms with Crippen LogP contribution < -0.4 is 0 Å². The zero-order valence-electron chi connectivity index (χ0n) is 7.53. The maximum absolute atomic E-state index is 11.1. The Morgan fingerprint density at radius 1 is 1.85 bits per heavy atom. The number of esters is 1. The fourth-order valence-corrected chi connectivity index (χ4v) is 1.63. The molecule has 0 spiro atoms. The quantitative estimate of drug-likeness (QED) is 0.588. The molecule has 0 bridgehead atoms. The minimum Gasteiger partial charge on any atom is -0.464 e. The smallest absolute Gasteiger partial charge is 0.335 e. The van der Waals surface area contributed by atoms with Crippen LogP contribution in [0.4, 0.5) is 0 Å². The minimum absolute atomic E-state index is 0.0348. The van der Waals surface area contributed by atoms with Gasteiger partial charge in [-0.3, -0.25) is 0 Å². The number of halogens is 1. The van der Waals surface area contributed by atoms with Crippen molar-refractivity contribution in [3.8, 4) is 0 Å². The van der Waals surface area contributed by atoms with Crippen LogP contribution in [0.3, 0.4) is 0 Å². The van der Waals surface area contributed by atoms with Gasteiger partial charge < -0.3 is 9.47 Å². The van der Waals surface area contributed by atoms with E-state index in [1.807, 2.05) is 17.1 Å². The molecule has 0 aromatic carbocycles. The van der Waals surface area contributed by atoms with E-state index in [9.17, 15) is 4.79 Å². The first-order valence-electron chi connectivity index (χ1n) is 4.37. The summed E-state index contributed by atoms with van der Waals surface area (Å²) in [5.41, 5.74) is 0. The molecule has 1 saturated heterocycles. The zero-order chi connectivity index (χ0) is 9.68. The third kappa shape index (κ3) is 3.27. The Kier molecular flexibility index (Phi) is 4.72. The van der Waals surface area contributed by atoms with E-state index >= 15 is 0 Å². The average Bonchev–Trinajstić information content (AvgIpc) is 2.51. The third-order valence-corrected chi connectivity index (χ3v) is 2.33. The van der Waals surface area contributed by atoms with Crippen molar-refractivity contribution in [1.29, 1.82) is 0 Å². The average molecular weight is 296 g/mol. The first-order valence-corrected chi connectivity index (χ1v) is 5.61. The molecule has 2 atom stereocenters. The van der Waals surface area contributed by atoms with Crippen LogP contribution in [0.2, 0.25) is 0 Å². The van der Waals surface area contributed by atoms with Gasteiger partial charge in [0.25, 0.3) is 0 Å². The lowest BCUT2D eigenvalue weighted by molar-refractivity contribution is -0.148. The number of carbonyl (C=O) groups is 1. The van der Waals surface area contributed by atoms with Gasteiger partial charge in [-0.25, -0.2) is 4.79 Å². The maximum Gasteiger partial charge on any atom is 0.335 e. The topological polar surface area (TPSA) is 35.5 Å². The van der Waals surface area contributed by atoms with Crippen LogP contribution >= 0.6 is 22.6 Å². The van der Waals surface area contributed by atoms with Gasteiger partial charge in [0, 0.05) is 6.42 Å². The summed E-state index contributed by atoms with van der Waals surface area (Å²) in [6.07, 6.45) is 3.20. The standard InChI is InChI=1S/C9H13IO3/c1-2-7(3-5-10)13-8-4-6-12-9(8)11/h3,5,7-8H,2,4,6H2,1H3/b5-3-/t7-,8-/m0/s1. The molecule has 0 radical (unpaired) electrons. The molecule has 13 heavy (non-hydrogen) atoms. The Bertz CT molecular complexity index is 203. The number of rotatable bonds is 4. The molecule has 0 saturated carbocycles. The molecule has 3 nitrogen and oxygen atoms in total. The summed E-state index contributed by atoms with van der Waals surface area (Å²) in [5.74, 6) is -0.222. The highest BCUT2D eigenvalue weighted by molar-refractivity contribution is 14.1. The largest absolute Gasteiger partial charge is 0.464 e. The fourth-order valence-electron chi connectivity index (χ4n) is 1.17. The summed E-state index contributed by atoms with van der Waals surface area (Å²) in [7, 11) is 0. The van der Waals surface area contributed by atoms with Gasteiger partial charge in [0.05, 0.1) is 12.7 Å².